The zero-order chi connectivity index (χ0) is 17.9. The van der Waals surface area contributed by atoms with Gasteiger partial charge in [0.1, 0.15) is 5.69 Å². The maximum absolute atomic E-state index is 11.9. The number of carbonyl (C=O) groups is 1. The molecule has 0 aliphatic heterocycles. The maximum atomic E-state index is 11.9. The molecule has 2 rings (SSSR count). The Morgan fingerprint density at radius 1 is 1.33 bits per heavy atom. The second-order valence-electron chi connectivity index (χ2n) is 5.53. The number of anilines is 1. The summed E-state index contributed by atoms with van der Waals surface area (Å²) in [7, 11) is 1.08. The van der Waals surface area contributed by atoms with E-state index < -0.39 is 33.3 Å². The number of methoxy groups -OCH3 is 1. The number of ether oxygens (including phenoxy) is 1. The summed E-state index contributed by atoms with van der Waals surface area (Å²) >= 11 is 0. The molecule has 0 radical (unpaired) electrons. The van der Waals surface area contributed by atoms with Crippen molar-refractivity contribution in [2.75, 3.05) is 19.0 Å². The SMILES string of the molecule is COC(=O)c1cc([N+](=O)[O-])cc([N+](=O)[O-])c1NC[C@H]1CCC[C@H]1O. The molecular weight excluding hydrogens is 322 g/mol. The highest BCUT2D eigenvalue weighted by atomic mass is 16.6. The number of aliphatic hydroxyl groups excluding tert-OH is 1. The minimum atomic E-state index is -0.920. The Morgan fingerprint density at radius 2 is 2.04 bits per heavy atom. The van der Waals surface area contributed by atoms with Crippen LogP contribution in [0.5, 0.6) is 0 Å². The standard InChI is InChI=1S/C14H17N3O7/c1-24-14(19)10-5-9(16(20)21)6-11(17(22)23)13(10)15-7-8-3-2-4-12(8)18/h5-6,8,12,15,18H,2-4,7H2,1H3/t8-,12-/m1/s1. The van der Waals surface area contributed by atoms with Crippen LogP contribution in [-0.2, 0) is 4.74 Å². The van der Waals surface area contributed by atoms with Crippen molar-refractivity contribution in [2.24, 2.45) is 5.92 Å². The number of hydrogen-bond acceptors (Lipinski definition) is 8. The van der Waals surface area contributed by atoms with Crippen LogP contribution in [0.2, 0.25) is 0 Å². The van der Waals surface area contributed by atoms with Gasteiger partial charge in [-0.1, -0.05) is 6.42 Å². The van der Waals surface area contributed by atoms with Crippen LogP contribution in [0.15, 0.2) is 12.1 Å². The first-order valence-corrected chi connectivity index (χ1v) is 7.32. The van der Waals surface area contributed by atoms with Gasteiger partial charge in [0.25, 0.3) is 11.4 Å². The molecule has 10 nitrogen and oxygen atoms in total. The Balaban J connectivity index is 2.43. The first-order valence-electron chi connectivity index (χ1n) is 7.32. The Kier molecular flexibility index (Phi) is 5.29. The molecule has 1 aromatic carbocycles. The van der Waals surface area contributed by atoms with Crippen LogP contribution in [-0.4, -0.2) is 40.7 Å². The molecule has 1 fully saturated rings. The second kappa shape index (κ2) is 7.21. The number of nitro groups is 2. The molecule has 0 heterocycles. The maximum Gasteiger partial charge on any atom is 0.340 e. The molecule has 0 saturated heterocycles. The van der Waals surface area contributed by atoms with E-state index in [0.717, 1.165) is 32.1 Å². The molecule has 2 N–H and O–H groups in total. The predicted molar refractivity (Wildman–Crippen MR) is 82.9 cm³/mol. The number of aliphatic hydroxyl groups is 1. The quantitative estimate of drug-likeness (QED) is 0.454. The monoisotopic (exact) mass is 339 g/mol. The number of nitrogens with zero attached hydrogens (tertiary/aromatic N) is 2. The van der Waals surface area contributed by atoms with Crippen LogP contribution >= 0.6 is 0 Å². The molecule has 1 aromatic rings. The topological polar surface area (TPSA) is 145 Å². The van der Waals surface area contributed by atoms with Crippen molar-refractivity contribution < 1.29 is 24.5 Å². The lowest BCUT2D eigenvalue weighted by atomic mass is 10.0. The van der Waals surface area contributed by atoms with Crippen molar-refractivity contribution in [2.45, 2.75) is 25.4 Å². The Labute approximate surface area is 136 Å². The largest absolute Gasteiger partial charge is 0.465 e. The Bertz CT molecular complexity index is 677. The number of carbonyl (C=O) groups excluding carboxylic acids is 1. The number of esters is 1. The molecule has 0 bridgehead atoms. The summed E-state index contributed by atoms with van der Waals surface area (Å²) in [6.07, 6.45) is 1.73. The lowest BCUT2D eigenvalue weighted by Crippen LogP contribution is -2.23. The van der Waals surface area contributed by atoms with Crippen LogP contribution in [0.4, 0.5) is 17.1 Å². The third-order valence-corrected chi connectivity index (χ3v) is 4.08. The molecule has 10 heteroatoms. The van der Waals surface area contributed by atoms with Gasteiger partial charge < -0.3 is 15.2 Å². The van der Waals surface area contributed by atoms with Gasteiger partial charge in [0.05, 0.1) is 34.7 Å². The summed E-state index contributed by atoms with van der Waals surface area (Å²) in [6.45, 7) is 0.212. The first kappa shape index (κ1) is 17.6. The summed E-state index contributed by atoms with van der Waals surface area (Å²) in [6, 6.07) is 1.73. The predicted octanol–water partition coefficient (Wildman–Crippen LogP) is 1.86. The molecule has 1 aliphatic carbocycles. The average Bonchev–Trinajstić information content (AvgIpc) is 2.96. The molecule has 0 unspecified atom stereocenters. The summed E-state index contributed by atoms with van der Waals surface area (Å²) < 4.78 is 4.57. The van der Waals surface area contributed by atoms with Gasteiger partial charge in [0.15, 0.2) is 0 Å². The van der Waals surface area contributed by atoms with Crippen LogP contribution in [0.3, 0.4) is 0 Å². The fourth-order valence-corrected chi connectivity index (χ4v) is 2.81. The van der Waals surface area contributed by atoms with Crippen molar-refractivity contribution in [1.29, 1.82) is 0 Å². The highest BCUT2D eigenvalue weighted by Gasteiger charge is 2.30. The highest BCUT2D eigenvalue weighted by Crippen LogP contribution is 2.35. The number of nitro benzene ring substituents is 2. The number of non-ortho nitro benzene ring substituents is 1. The van der Waals surface area contributed by atoms with Gasteiger partial charge in [-0.05, 0) is 12.8 Å². The number of nitrogens with one attached hydrogen (secondary N) is 1. The molecule has 0 aromatic heterocycles. The summed E-state index contributed by atoms with van der Waals surface area (Å²) in [4.78, 5) is 32.5. The smallest absolute Gasteiger partial charge is 0.340 e. The molecule has 24 heavy (non-hydrogen) atoms. The van der Waals surface area contributed by atoms with Crippen molar-refractivity contribution in [3.05, 3.63) is 37.9 Å². The number of benzene rings is 1. The van der Waals surface area contributed by atoms with E-state index in [1.54, 1.807) is 0 Å². The molecule has 0 spiro atoms. The number of rotatable bonds is 6. The molecular formula is C14H17N3O7. The van der Waals surface area contributed by atoms with Gasteiger partial charge in [0.2, 0.25) is 0 Å². The van der Waals surface area contributed by atoms with Gasteiger partial charge in [0, 0.05) is 18.5 Å². The highest BCUT2D eigenvalue weighted by molar-refractivity contribution is 5.99. The molecule has 0 amide bonds. The van der Waals surface area contributed by atoms with Crippen molar-refractivity contribution in [3.63, 3.8) is 0 Å². The minimum absolute atomic E-state index is 0.106. The normalized spacial score (nSPS) is 19.8. The second-order valence-corrected chi connectivity index (χ2v) is 5.53. The van der Waals surface area contributed by atoms with Crippen LogP contribution in [0.25, 0.3) is 0 Å². The van der Waals surface area contributed by atoms with Gasteiger partial charge >= 0.3 is 5.97 Å². The van der Waals surface area contributed by atoms with Crippen LogP contribution in [0.1, 0.15) is 29.6 Å². The molecule has 130 valence electrons. The number of hydrogen-bond donors (Lipinski definition) is 2. The van der Waals surface area contributed by atoms with E-state index in [1.165, 1.54) is 0 Å². The Hall–Kier alpha value is -2.75. The third-order valence-electron chi connectivity index (χ3n) is 4.08. The van der Waals surface area contributed by atoms with E-state index in [4.69, 9.17) is 0 Å². The molecule has 2 atom stereocenters. The lowest BCUT2D eigenvalue weighted by Gasteiger charge is -2.17. The van der Waals surface area contributed by atoms with E-state index >= 15 is 0 Å². The summed E-state index contributed by atoms with van der Waals surface area (Å²) in [5, 5.41) is 34.8. The van der Waals surface area contributed by atoms with Gasteiger partial charge in [-0.2, -0.15) is 0 Å². The molecule has 1 aliphatic rings. The minimum Gasteiger partial charge on any atom is -0.465 e. The zero-order valence-corrected chi connectivity index (χ0v) is 12.9. The van der Waals surface area contributed by atoms with Crippen molar-refractivity contribution >= 4 is 23.0 Å². The van der Waals surface area contributed by atoms with E-state index in [1.807, 2.05) is 0 Å². The van der Waals surface area contributed by atoms with Crippen LogP contribution < -0.4 is 5.32 Å². The van der Waals surface area contributed by atoms with Gasteiger partial charge in [-0.15, -0.1) is 0 Å². The van der Waals surface area contributed by atoms with Crippen molar-refractivity contribution in [1.82, 2.24) is 0 Å². The summed E-state index contributed by atoms with van der Waals surface area (Å²) in [5.41, 5.74) is -1.59. The van der Waals surface area contributed by atoms with E-state index in [9.17, 15) is 30.1 Å². The van der Waals surface area contributed by atoms with E-state index in [0.29, 0.717) is 6.42 Å². The first-order chi connectivity index (χ1) is 11.3. The van der Waals surface area contributed by atoms with Crippen LogP contribution in [0, 0.1) is 26.1 Å². The van der Waals surface area contributed by atoms with Crippen molar-refractivity contribution in [3.8, 4) is 0 Å². The molecule has 1 saturated carbocycles. The lowest BCUT2D eigenvalue weighted by molar-refractivity contribution is -0.393. The Morgan fingerprint density at radius 3 is 2.54 bits per heavy atom. The van der Waals surface area contributed by atoms with E-state index in [-0.39, 0.29) is 23.7 Å². The average molecular weight is 339 g/mol. The van der Waals surface area contributed by atoms with Gasteiger partial charge in [-0.3, -0.25) is 20.2 Å². The van der Waals surface area contributed by atoms with E-state index in [2.05, 4.69) is 10.1 Å². The third kappa shape index (κ3) is 3.59. The fraction of sp³-hybridized carbons (Fsp3) is 0.500. The summed E-state index contributed by atoms with van der Waals surface area (Å²) in [5.74, 6) is -1.03. The fourth-order valence-electron chi connectivity index (χ4n) is 2.81. The van der Waals surface area contributed by atoms with Gasteiger partial charge in [-0.25, -0.2) is 4.79 Å². The zero-order valence-electron chi connectivity index (χ0n) is 12.9.